The van der Waals surface area contributed by atoms with Gasteiger partial charge >= 0.3 is 0 Å². The van der Waals surface area contributed by atoms with E-state index in [1.165, 1.54) is 6.08 Å². The molecular formula is C8H12N2O2. The second-order valence-electron chi connectivity index (χ2n) is 2.76. The minimum absolute atomic E-state index is 0.00288. The molecule has 1 fully saturated rings. The number of likely N-dealkylation sites (tertiary alicyclic amines) is 1. The minimum Gasteiger partial charge on any atom is -0.359 e. The van der Waals surface area contributed by atoms with Gasteiger partial charge < -0.3 is 10.2 Å². The van der Waals surface area contributed by atoms with E-state index >= 15 is 0 Å². The first kappa shape index (κ1) is 8.77. The van der Waals surface area contributed by atoms with Crippen LogP contribution in [0.2, 0.25) is 0 Å². The largest absolute Gasteiger partial charge is 0.359 e. The highest BCUT2D eigenvalue weighted by Crippen LogP contribution is 2.15. The summed E-state index contributed by atoms with van der Waals surface area (Å²) in [5.74, 6) is -0.128. The second kappa shape index (κ2) is 3.38. The second-order valence-corrected chi connectivity index (χ2v) is 2.76. The van der Waals surface area contributed by atoms with Crippen molar-refractivity contribution in [3.05, 3.63) is 12.7 Å². The quantitative estimate of drug-likeness (QED) is 0.558. The first-order valence-corrected chi connectivity index (χ1v) is 3.82. The lowest BCUT2D eigenvalue weighted by Gasteiger charge is -2.37. The fourth-order valence-corrected chi connectivity index (χ4v) is 1.16. The molecule has 0 unspecified atom stereocenters. The van der Waals surface area contributed by atoms with Crippen LogP contribution in [-0.4, -0.2) is 36.9 Å². The van der Waals surface area contributed by atoms with Crippen molar-refractivity contribution in [3.8, 4) is 0 Å². The summed E-state index contributed by atoms with van der Waals surface area (Å²) in [7, 11) is 1.60. The van der Waals surface area contributed by atoms with E-state index in [-0.39, 0.29) is 17.7 Å². The molecule has 1 saturated heterocycles. The van der Waals surface area contributed by atoms with E-state index in [0.717, 1.165) is 0 Å². The maximum Gasteiger partial charge on any atom is 0.246 e. The first-order chi connectivity index (χ1) is 5.69. The molecule has 0 aliphatic carbocycles. The Morgan fingerprint density at radius 1 is 1.58 bits per heavy atom. The van der Waals surface area contributed by atoms with Crippen molar-refractivity contribution >= 4 is 11.8 Å². The highest BCUT2D eigenvalue weighted by molar-refractivity contribution is 5.90. The Balaban J connectivity index is 2.33. The molecule has 0 aromatic carbocycles. The molecule has 1 rings (SSSR count). The zero-order chi connectivity index (χ0) is 9.14. The van der Waals surface area contributed by atoms with Gasteiger partial charge in [-0.1, -0.05) is 6.58 Å². The molecule has 4 heteroatoms. The summed E-state index contributed by atoms with van der Waals surface area (Å²) in [6.07, 6.45) is 1.26. The molecule has 1 N–H and O–H groups in total. The third kappa shape index (κ3) is 1.47. The predicted octanol–water partition coefficient (Wildman–Crippen LogP) is -0.623. The SMILES string of the molecule is C=CC(=O)N1CC(C(=O)NC)C1. The lowest BCUT2D eigenvalue weighted by molar-refractivity contribution is -0.139. The van der Waals surface area contributed by atoms with Gasteiger partial charge in [0.15, 0.2) is 0 Å². The predicted molar refractivity (Wildman–Crippen MR) is 44.3 cm³/mol. The maximum absolute atomic E-state index is 11.0. The third-order valence-electron chi connectivity index (χ3n) is 1.99. The molecule has 4 nitrogen and oxygen atoms in total. The Morgan fingerprint density at radius 2 is 2.17 bits per heavy atom. The van der Waals surface area contributed by atoms with Gasteiger partial charge in [0, 0.05) is 20.1 Å². The monoisotopic (exact) mass is 168 g/mol. The molecule has 1 aliphatic heterocycles. The summed E-state index contributed by atoms with van der Waals surface area (Å²) >= 11 is 0. The van der Waals surface area contributed by atoms with Crippen LogP contribution in [0.5, 0.6) is 0 Å². The van der Waals surface area contributed by atoms with Crippen molar-refractivity contribution in [1.82, 2.24) is 10.2 Å². The fraction of sp³-hybridized carbons (Fsp3) is 0.500. The van der Waals surface area contributed by atoms with E-state index in [4.69, 9.17) is 0 Å². The van der Waals surface area contributed by atoms with Crippen LogP contribution >= 0.6 is 0 Å². The summed E-state index contributed by atoms with van der Waals surface area (Å²) < 4.78 is 0. The number of hydrogen-bond acceptors (Lipinski definition) is 2. The van der Waals surface area contributed by atoms with E-state index in [1.54, 1.807) is 11.9 Å². The smallest absolute Gasteiger partial charge is 0.246 e. The molecule has 2 amide bonds. The Bertz CT molecular complexity index is 219. The summed E-state index contributed by atoms with van der Waals surface area (Å²) in [4.78, 5) is 23.5. The minimum atomic E-state index is -0.102. The average molecular weight is 168 g/mol. The summed E-state index contributed by atoms with van der Waals surface area (Å²) in [6.45, 7) is 4.40. The van der Waals surface area contributed by atoms with Gasteiger partial charge in [-0.25, -0.2) is 0 Å². The van der Waals surface area contributed by atoms with Gasteiger partial charge in [-0.15, -0.1) is 0 Å². The lowest BCUT2D eigenvalue weighted by Crippen LogP contribution is -2.54. The number of carbonyl (C=O) groups excluding carboxylic acids is 2. The lowest BCUT2D eigenvalue weighted by atomic mass is 9.99. The van der Waals surface area contributed by atoms with Crippen LogP contribution in [0.15, 0.2) is 12.7 Å². The highest BCUT2D eigenvalue weighted by Gasteiger charge is 2.33. The van der Waals surface area contributed by atoms with Gasteiger partial charge in [0.05, 0.1) is 5.92 Å². The van der Waals surface area contributed by atoms with Gasteiger partial charge in [0.2, 0.25) is 11.8 Å². The van der Waals surface area contributed by atoms with Crippen LogP contribution in [0.1, 0.15) is 0 Å². The van der Waals surface area contributed by atoms with E-state index in [9.17, 15) is 9.59 Å². The van der Waals surface area contributed by atoms with Crippen molar-refractivity contribution in [2.24, 2.45) is 5.92 Å². The zero-order valence-corrected chi connectivity index (χ0v) is 7.04. The third-order valence-corrected chi connectivity index (χ3v) is 1.99. The van der Waals surface area contributed by atoms with Crippen molar-refractivity contribution in [2.75, 3.05) is 20.1 Å². The van der Waals surface area contributed by atoms with E-state index in [1.807, 2.05) is 0 Å². The van der Waals surface area contributed by atoms with Crippen molar-refractivity contribution in [3.63, 3.8) is 0 Å². The molecule has 1 aliphatic rings. The Morgan fingerprint density at radius 3 is 2.58 bits per heavy atom. The molecule has 1 heterocycles. The molecule has 0 spiro atoms. The van der Waals surface area contributed by atoms with Gasteiger partial charge in [0.1, 0.15) is 0 Å². The van der Waals surface area contributed by atoms with Crippen molar-refractivity contribution < 1.29 is 9.59 Å². The van der Waals surface area contributed by atoms with Gasteiger partial charge in [-0.2, -0.15) is 0 Å². The molecule has 0 bridgehead atoms. The molecule has 66 valence electrons. The average Bonchev–Trinajstić information content (AvgIpc) is 2.01. The Labute approximate surface area is 71.2 Å². The molecule has 0 atom stereocenters. The Hall–Kier alpha value is -1.32. The molecule has 0 aromatic heterocycles. The van der Waals surface area contributed by atoms with Crippen LogP contribution in [0.4, 0.5) is 0 Å². The number of carbonyl (C=O) groups is 2. The van der Waals surface area contributed by atoms with E-state index in [2.05, 4.69) is 11.9 Å². The number of rotatable bonds is 2. The number of nitrogens with one attached hydrogen (secondary N) is 1. The topological polar surface area (TPSA) is 49.4 Å². The van der Waals surface area contributed by atoms with Gasteiger partial charge in [-0.05, 0) is 6.08 Å². The zero-order valence-electron chi connectivity index (χ0n) is 7.04. The van der Waals surface area contributed by atoms with Crippen LogP contribution in [0.3, 0.4) is 0 Å². The van der Waals surface area contributed by atoms with E-state index in [0.29, 0.717) is 13.1 Å². The summed E-state index contributed by atoms with van der Waals surface area (Å²) in [5.41, 5.74) is 0. The van der Waals surface area contributed by atoms with Crippen LogP contribution in [-0.2, 0) is 9.59 Å². The van der Waals surface area contributed by atoms with Gasteiger partial charge in [0.25, 0.3) is 0 Å². The number of amides is 2. The normalized spacial score (nSPS) is 16.6. The molecule has 0 saturated carbocycles. The molecule has 12 heavy (non-hydrogen) atoms. The highest BCUT2D eigenvalue weighted by atomic mass is 16.2. The Kier molecular flexibility index (Phi) is 2.47. The van der Waals surface area contributed by atoms with Gasteiger partial charge in [-0.3, -0.25) is 9.59 Å². The maximum atomic E-state index is 11.0. The molecule has 0 aromatic rings. The van der Waals surface area contributed by atoms with Crippen molar-refractivity contribution in [1.29, 1.82) is 0 Å². The van der Waals surface area contributed by atoms with E-state index < -0.39 is 0 Å². The van der Waals surface area contributed by atoms with Crippen LogP contribution < -0.4 is 5.32 Å². The standard InChI is InChI=1S/C8H12N2O2/c1-3-7(11)10-4-6(5-10)8(12)9-2/h3,6H,1,4-5H2,2H3,(H,9,12). The number of nitrogens with zero attached hydrogens (tertiary/aromatic N) is 1. The van der Waals surface area contributed by atoms with Crippen LogP contribution in [0, 0.1) is 5.92 Å². The number of hydrogen-bond donors (Lipinski definition) is 1. The molecular weight excluding hydrogens is 156 g/mol. The van der Waals surface area contributed by atoms with Crippen molar-refractivity contribution in [2.45, 2.75) is 0 Å². The first-order valence-electron chi connectivity index (χ1n) is 3.82. The summed E-state index contributed by atoms with van der Waals surface area (Å²) in [5, 5.41) is 2.54. The summed E-state index contributed by atoms with van der Waals surface area (Å²) in [6, 6.07) is 0. The molecule has 0 radical (unpaired) electrons. The fourth-order valence-electron chi connectivity index (χ4n) is 1.16. The van der Waals surface area contributed by atoms with Crippen LogP contribution in [0.25, 0.3) is 0 Å².